The van der Waals surface area contributed by atoms with Gasteiger partial charge in [-0.25, -0.2) is 0 Å². The van der Waals surface area contributed by atoms with Crippen LogP contribution in [-0.2, 0) is 27.4 Å². The Balaban J connectivity index is 1.79. The maximum absolute atomic E-state index is 12.8. The zero-order chi connectivity index (χ0) is 15.5. The molecule has 3 rings (SSSR count). The van der Waals surface area contributed by atoms with Crippen LogP contribution in [0.15, 0.2) is 6.20 Å². The second-order valence-corrected chi connectivity index (χ2v) is 6.13. The highest BCUT2D eigenvalue weighted by molar-refractivity contribution is 5.79. The summed E-state index contributed by atoms with van der Waals surface area (Å²) in [5, 5.41) is 4.46. The molecule has 0 radical (unpaired) electrons. The van der Waals surface area contributed by atoms with E-state index in [-0.39, 0.29) is 17.7 Å². The molecular weight excluding hydrogens is 282 g/mol. The molecule has 6 nitrogen and oxygen atoms in total. The van der Waals surface area contributed by atoms with Crippen LogP contribution in [0.5, 0.6) is 0 Å². The molecule has 6 heteroatoms. The topological polar surface area (TPSA) is 56.6 Å². The Labute approximate surface area is 131 Å². The van der Waals surface area contributed by atoms with E-state index in [9.17, 15) is 4.79 Å². The number of amides is 1. The van der Waals surface area contributed by atoms with Gasteiger partial charge in [0, 0.05) is 57.4 Å². The quantitative estimate of drug-likeness (QED) is 0.844. The lowest BCUT2D eigenvalue weighted by atomic mass is 9.93. The highest BCUT2D eigenvalue weighted by Crippen LogP contribution is 2.30. The zero-order valence-corrected chi connectivity index (χ0v) is 13.5. The molecule has 0 N–H and O–H groups in total. The number of rotatable bonds is 4. The number of ether oxygens (including phenoxy) is 2. The number of fused-ring (bicyclic) bond motifs is 1. The molecule has 1 saturated heterocycles. The van der Waals surface area contributed by atoms with E-state index in [0.717, 1.165) is 31.5 Å². The molecule has 22 heavy (non-hydrogen) atoms. The lowest BCUT2D eigenvalue weighted by molar-refractivity contribution is -0.140. The second-order valence-electron chi connectivity index (χ2n) is 6.13. The Morgan fingerprint density at radius 3 is 2.91 bits per heavy atom. The number of hydrogen-bond acceptors (Lipinski definition) is 4. The van der Waals surface area contributed by atoms with Crippen molar-refractivity contribution in [1.82, 2.24) is 14.7 Å². The fraction of sp³-hybridized carbons (Fsp3) is 0.750. The summed E-state index contributed by atoms with van der Waals surface area (Å²) in [6.07, 6.45) is 3.58. The summed E-state index contributed by atoms with van der Waals surface area (Å²) in [4.78, 5) is 14.8. The van der Waals surface area contributed by atoms with Crippen molar-refractivity contribution in [3.8, 4) is 0 Å². The smallest absolute Gasteiger partial charge is 0.226 e. The number of nitrogens with zero attached hydrogens (tertiary/aromatic N) is 3. The van der Waals surface area contributed by atoms with Gasteiger partial charge in [-0.3, -0.25) is 9.48 Å². The largest absolute Gasteiger partial charge is 0.384 e. The molecule has 0 aliphatic carbocycles. The van der Waals surface area contributed by atoms with Gasteiger partial charge in [0.05, 0.1) is 18.5 Å². The first-order valence-electron chi connectivity index (χ1n) is 8.14. The Morgan fingerprint density at radius 2 is 2.23 bits per heavy atom. The van der Waals surface area contributed by atoms with E-state index in [1.54, 1.807) is 7.11 Å². The molecule has 1 atom stereocenters. The molecule has 1 aromatic heterocycles. The third kappa shape index (κ3) is 2.90. The molecule has 2 aliphatic rings. The van der Waals surface area contributed by atoms with E-state index in [2.05, 4.69) is 12.0 Å². The van der Waals surface area contributed by atoms with Gasteiger partial charge in [-0.05, 0) is 19.8 Å². The van der Waals surface area contributed by atoms with Gasteiger partial charge in [0.15, 0.2) is 0 Å². The summed E-state index contributed by atoms with van der Waals surface area (Å²) < 4.78 is 12.8. The van der Waals surface area contributed by atoms with Crippen molar-refractivity contribution in [3.63, 3.8) is 0 Å². The number of carbonyl (C=O) groups is 1. The first-order chi connectivity index (χ1) is 10.7. The van der Waals surface area contributed by atoms with Crippen LogP contribution in [0, 0.1) is 5.92 Å². The van der Waals surface area contributed by atoms with Gasteiger partial charge < -0.3 is 14.4 Å². The van der Waals surface area contributed by atoms with E-state index < -0.39 is 0 Å². The molecule has 2 aliphatic heterocycles. The minimum absolute atomic E-state index is 0.111. The number of methoxy groups -OCH3 is 1. The van der Waals surface area contributed by atoms with Crippen LogP contribution in [0.25, 0.3) is 0 Å². The number of hydrogen-bond donors (Lipinski definition) is 0. The van der Waals surface area contributed by atoms with Gasteiger partial charge in [-0.2, -0.15) is 5.10 Å². The maximum Gasteiger partial charge on any atom is 0.226 e. The predicted molar refractivity (Wildman–Crippen MR) is 81.5 cm³/mol. The summed E-state index contributed by atoms with van der Waals surface area (Å²) in [6, 6.07) is 0. The average Bonchev–Trinajstić information content (AvgIpc) is 2.98. The Hall–Kier alpha value is -1.40. The molecule has 0 saturated carbocycles. The van der Waals surface area contributed by atoms with Gasteiger partial charge in [-0.1, -0.05) is 0 Å². The van der Waals surface area contributed by atoms with Crippen molar-refractivity contribution in [1.29, 1.82) is 0 Å². The van der Waals surface area contributed by atoms with Crippen molar-refractivity contribution in [2.45, 2.75) is 38.8 Å². The lowest BCUT2D eigenvalue weighted by Crippen LogP contribution is -2.44. The highest BCUT2D eigenvalue weighted by Gasteiger charge is 2.34. The fourth-order valence-corrected chi connectivity index (χ4v) is 3.61. The Kier molecular flexibility index (Phi) is 4.78. The van der Waals surface area contributed by atoms with Gasteiger partial charge in [0.1, 0.15) is 0 Å². The van der Waals surface area contributed by atoms with Crippen LogP contribution in [-0.4, -0.2) is 54.1 Å². The lowest BCUT2D eigenvalue weighted by Gasteiger charge is -2.36. The standard InChI is InChI=1S/C16H25N3O3/c1-3-19-15-13(8-17-19)9-18(10-14(15)11-21-2)16(20)12-4-6-22-7-5-12/h8,12,14H,3-7,9-11H2,1-2H3. The number of aryl methyl sites for hydroxylation is 1. The molecule has 1 fully saturated rings. The van der Waals surface area contributed by atoms with Crippen LogP contribution in [0.4, 0.5) is 0 Å². The fourth-order valence-electron chi connectivity index (χ4n) is 3.61. The van der Waals surface area contributed by atoms with Crippen LogP contribution in [0.2, 0.25) is 0 Å². The van der Waals surface area contributed by atoms with Gasteiger partial charge >= 0.3 is 0 Å². The second kappa shape index (κ2) is 6.79. The third-order valence-electron chi connectivity index (χ3n) is 4.70. The molecule has 3 heterocycles. The van der Waals surface area contributed by atoms with Gasteiger partial charge in [0.25, 0.3) is 0 Å². The van der Waals surface area contributed by atoms with Crippen molar-refractivity contribution in [3.05, 3.63) is 17.5 Å². The minimum atomic E-state index is 0.111. The summed E-state index contributed by atoms with van der Waals surface area (Å²) in [6.45, 7) is 6.36. The van der Waals surface area contributed by atoms with Crippen LogP contribution in [0.1, 0.15) is 36.9 Å². The van der Waals surface area contributed by atoms with E-state index in [0.29, 0.717) is 26.4 Å². The SMILES string of the molecule is CCn1ncc2c1C(COC)CN(C(=O)C1CCOCC1)C2. The van der Waals surface area contributed by atoms with Crippen molar-refractivity contribution in [2.24, 2.45) is 5.92 Å². The summed E-state index contributed by atoms with van der Waals surface area (Å²) >= 11 is 0. The first kappa shape index (κ1) is 15.5. The molecule has 1 unspecified atom stereocenters. The molecule has 1 amide bonds. The van der Waals surface area contributed by atoms with E-state index in [1.807, 2.05) is 15.8 Å². The minimum Gasteiger partial charge on any atom is -0.384 e. The van der Waals surface area contributed by atoms with Gasteiger partial charge in [-0.15, -0.1) is 0 Å². The van der Waals surface area contributed by atoms with Gasteiger partial charge in [0.2, 0.25) is 5.91 Å². The van der Waals surface area contributed by atoms with Crippen LogP contribution < -0.4 is 0 Å². The van der Waals surface area contributed by atoms with E-state index in [1.165, 1.54) is 5.69 Å². The van der Waals surface area contributed by atoms with E-state index in [4.69, 9.17) is 9.47 Å². The van der Waals surface area contributed by atoms with E-state index >= 15 is 0 Å². The average molecular weight is 307 g/mol. The van der Waals surface area contributed by atoms with Crippen LogP contribution in [0.3, 0.4) is 0 Å². The number of aromatic nitrogens is 2. The predicted octanol–water partition coefficient (Wildman–Crippen LogP) is 1.40. The first-order valence-corrected chi connectivity index (χ1v) is 8.14. The molecule has 0 aromatic carbocycles. The third-order valence-corrected chi connectivity index (χ3v) is 4.70. The summed E-state index contributed by atoms with van der Waals surface area (Å²) in [7, 11) is 1.71. The van der Waals surface area contributed by atoms with Crippen molar-refractivity contribution < 1.29 is 14.3 Å². The normalized spacial score (nSPS) is 22.6. The number of carbonyl (C=O) groups excluding carboxylic acids is 1. The summed E-state index contributed by atoms with van der Waals surface area (Å²) in [5.41, 5.74) is 2.40. The molecular formula is C16H25N3O3. The van der Waals surface area contributed by atoms with Crippen LogP contribution >= 0.6 is 0 Å². The molecule has 0 bridgehead atoms. The maximum atomic E-state index is 12.8. The zero-order valence-electron chi connectivity index (χ0n) is 13.5. The summed E-state index contributed by atoms with van der Waals surface area (Å²) in [5.74, 6) is 0.582. The Bertz CT molecular complexity index is 523. The molecule has 122 valence electrons. The highest BCUT2D eigenvalue weighted by atomic mass is 16.5. The molecule has 0 spiro atoms. The Morgan fingerprint density at radius 1 is 1.45 bits per heavy atom. The van der Waals surface area contributed by atoms with Crippen molar-refractivity contribution in [2.75, 3.05) is 33.5 Å². The van der Waals surface area contributed by atoms with Crippen molar-refractivity contribution >= 4 is 5.91 Å². The monoisotopic (exact) mass is 307 g/mol. The molecule has 1 aromatic rings.